The maximum Gasteiger partial charge on any atom is 0.254 e. The van der Waals surface area contributed by atoms with Crippen LogP contribution in [-0.2, 0) is 12.0 Å². The third kappa shape index (κ3) is 6.87. The van der Waals surface area contributed by atoms with Crippen LogP contribution in [0.5, 0.6) is 17.2 Å². The van der Waals surface area contributed by atoms with Gasteiger partial charge in [0.1, 0.15) is 5.76 Å². The molecule has 2 saturated heterocycles. The number of nitrogens with zero attached hydrogens (tertiary/aromatic N) is 4. The zero-order chi connectivity index (χ0) is 34.7. The Bertz CT molecular complexity index is 1850. The number of aromatic amines is 1. The van der Waals surface area contributed by atoms with Gasteiger partial charge in [0.15, 0.2) is 11.5 Å². The lowest BCUT2D eigenvalue weighted by molar-refractivity contribution is 0.0779. The molecule has 5 aromatic rings. The number of methoxy groups -OCH3 is 3. The number of ether oxygens (including phenoxy) is 3. The Kier molecular flexibility index (Phi) is 9.92. The van der Waals surface area contributed by atoms with Crippen molar-refractivity contribution in [3.05, 3.63) is 101 Å². The van der Waals surface area contributed by atoms with Gasteiger partial charge in [-0.05, 0) is 86.3 Å². The molecule has 1 unspecified atom stereocenters. The molecule has 1 atom stereocenters. The minimum Gasteiger partial charge on any atom is -0.493 e. The Morgan fingerprint density at radius 3 is 2.38 bits per heavy atom. The molecule has 50 heavy (non-hydrogen) atoms. The standard InChI is InChI=1S/C39H44ClN5O5/c1-47-34-23-27(24-35(48-2)36(34)49-3)37(46)44-21-17-39(26-44,28-10-12-29(40)13-11-28)16-20-43-18-14-30(15-19-43)45(25-31-7-6-22-50-31)38-41-32-8-4-5-9-33(32)42-38/h4-13,22-24,30H,14-21,25-26H2,1-3H3,(H,41,42). The zero-order valence-electron chi connectivity index (χ0n) is 28.9. The second kappa shape index (κ2) is 14.7. The molecule has 0 radical (unpaired) electrons. The van der Waals surface area contributed by atoms with Crippen LogP contribution in [0.15, 0.2) is 83.5 Å². The molecule has 262 valence electrons. The van der Waals surface area contributed by atoms with E-state index >= 15 is 0 Å². The van der Waals surface area contributed by atoms with Crippen LogP contribution >= 0.6 is 11.6 Å². The highest BCUT2D eigenvalue weighted by Crippen LogP contribution is 2.42. The average Bonchev–Trinajstić information content (AvgIpc) is 3.93. The van der Waals surface area contributed by atoms with E-state index < -0.39 is 0 Å². The van der Waals surface area contributed by atoms with Crippen LogP contribution in [-0.4, -0.2) is 85.8 Å². The molecule has 1 amide bonds. The summed E-state index contributed by atoms with van der Waals surface area (Å²) in [5, 5.41) is 0.706. The number of hydrogen-bond donors (Lipinski definition) is 1. The lowest BCUT2D eigenvalue weighted by atomic mass is 9.76. The second-order valence-electron chi connectivity index (χ2n) is 13.3. The van der Waals surface area contributed by atoms with E-state index in [1.807, 2.05) is 47.4 Å². The number of furan rings is 1. The number of aromatic nitrogens is 2. The van der Waals surface area contributed by atoms with Crippen LogP contribution < -0.4 is 19.1 Å². The van der Waals surface area contributed by atoms with Gasteiger partial charge in [0.25, 0.3) is 5.91 Å². The highest BCUT2D eigenvalue weighted by molar-refractivity contribution is 6.30. The molecule has 0 bridgehead atoms. The van der Waals surface area contributed by atoms with Crippen LogP contribution in [0.4, 0.5) is 5.95 Å². The van der Waals surface area contributed by atoms with Crippen molar-refractivity contribution in [3.8, 4) is 17.2 Å². The van der Waals surface area contributed by atoms with Gasteiger partial charge >= 0.3 is 0 Å². The fourth-order valence-corrected chi connectivity index (χ4v) is 7.80. The smallest absolute Gasteiger partial charge is 0.254 e. The summed E-state index contributed by atoms with van der Waals surface area (Å²) in [6.45, 7) is 4.81. The van der Waals surface area contributed by atoms with Crippen molar-refractivity contribution in [2.45, 2.75) is 43.7 Å². The van der Waals surface area contributed by atoms with Crippen LogP contribution in [0.1, 0.15) is 47.4 Å². The molecule has 2 aliphatic rings. The monoisotopic (exact) mass is 697 g/mol. The van der Waals surface area contributed by atoms with Crippen LogP contribution in [0, 0.1) is 0 Å². The number of anilines is 1. The molecule has 7 rings (SSSR count). The van der Waals surface area contributed by atoms with Gasteiger partial charge in [-0.1, -0.05) is 35.9 Å². The van der Waals surface area contributed by atoms with Gasteiger partial charge < -0.3 is 38.3 Å². The van der Waals surface area contributed by atoms with Crippen molar-refractivity contribution in [1.29, 1.82) is 0 Å². The number of hydrogen-bond acceptors (Lipinski definition) is 8. The number of halogens is 1. The SMILES string of the molecule is COc1cc(C(=O)N2CCC(CCN3CCC(N(Cc4ccco4)c4nc5ccccc5[nH]4)CC3)(c3ccc(Cl)cc3)C2)cc(OC)c1OC. The molecule has 3 aromatic carbocycles. The van der Waals surface area contributed by atoms with E-state index in [4.69, 9.17) is 35.2 Å². The summed E-state index contributed by atoms with van der Waals surface area (Å²) in [7, 11) is 4.68. The fourth-order valence-electron chi connectivity index (χ4n) is 7.67. The molecule has 0 saturated carbocycles. The van der Waals surface area contributed by atoms with E-state index in [0.717, 1.165) is 68.1 Å². The molecule has 1 N–H and O–H groups in total. The van der Waals surface area contributed by atoms with E-state index in [2.05, 4.69) is 33.0 Å². The Labute approximate surface area is 297 Å². The largest absolute Gasteiger partial charge is 0.493 e. The van der Waals surface area contributed by atoms with E-state index in [1.54, 1.807) is 39.7 Å². The van der Waals surface area contributed by atoms with Gasteiger partial charge in [-0.3, -0.25) is 4.79 Å². The summed E-state index contributed by atoms with van der Waals surface area (Å²) >= 11 is 6.33. The van der Waals surface area contributed by atoms with Crippen LogP contribution in [0.2, 0.25) is 5.02 Å². The summed E-state index contributed by atoms with van der Waals surface area (Å²) in [5.74, 6) is 3.14. The van der Waals surface area contributed by atoms with Gasteiger partial charge in [-0.15, -0.1) is 0 Å². The minimum atomic E-state index is -0.197. The molecular weight excluding hydrogens is 654 g/mol. The number of imidazole rings is 1. The Morgan fingerprint density at radius 2 is 1.72 bits per heavy atom. The van der Waals surface area contributed by atoms with Gasteiger partial charge in [-0.2, -0.15) is 0 Å². The van der Waals surface area contributed by atoms with Crippen LogP contribution in [0.3, 0.4) is 0 Å². The molecule has 0 spiro atoms. The number of piperidine rings is 1. The number of likely N-dealkylation sites (tertiary alicyclic amines) is 2. The van der Waals surface area contributed by atoms with Crippen molar-refractivity contribution in [2.24, 2.45) is 0 Å². The third-order valence-electron chi connectivity index (χ3n) is 10.5. The first-order valence-electron chi connectivity index (χ1n) is 17.2. The van der Waals surface area contributed by atoms with Crippen molar-refractivity contribution in [3.63, 3.8) is 0 Å². The number of benzene rings is 3. The summed E-state index contributed by atoms with van der Waals surface area (Å²) in [4.78, 5) is 29.4. The third-order valence-corrected chi connectivity index (χ3v) is 10.7. The number of carbonyl (C=O) groups excluding carboxylic acids is 1. The number of rotatable bonds is 12. The molecule has 2 fully saturated rings. The average molecular weight is 698 g/mol. The number of H-pyrrole nitrogens is 1. The lowest BCUT2D eigenvalue weighted by Gasteiger charge is -2.39. The van der Waals surface area contributed by atoms with Crippen molar-refractivity contribution in [2.75, 3.05) is 59.0 Å². The lowest BCUT2D eigenvalue weighted by Crippen LogP contribution is -2.46. The van der Waals surface area contributed by atoms with Crippen molar-refractivity contribution in [1.82, 2.24) is 19.8 Å². The van der Waals surface area contributed by atoms with Gasteiger partial charge in [0, 0.05) is 48.2 Å². The predicted octanol–water partition coefficient (Wildman–Crippen LogP) is 7.18. The van der Waals surface area contributed by atoms with E-state index in [-0.39, 0.29) is 11.3 Å². The van der Waals surface area contributed by atoms with Crippen molar-refractivity contribution >= 4 is 34.5 Å². The molecule has 2 aliphatic heterocycles. The Hall–Kier alpha value is -4.67. The van der Waals surface area contributed by atoms with Gasteiger partial charge in [0.2, 0.25) is 11.7 Å². The molecule has 10 nitrogen and oxygen atoms in total. The van der Waals surface area contributed by atoms with E-state index in [9.17, 15) is 4.79 Å². The quantitative estimate of drug-likeness (QED) is 0.147. The summed E-state index contributed by atoms with van der Waals surface area (Å²) in [5.41, 5.74) is 3.53. The van der Waals surface area contributed by atoms with Gasteiger partial charge in [-0.25, -0.2) is 4.98 Å². The number of para-hydroxylation sites is 2. The number of carbonyl (C=O) groups is 1. The second-order valence-corrected chi connectivity index (χ2v) is 13.7. The molecule has 11 heteroatoms. The summed E-state index contributed by atoms with van der Waals surface area (Å²) < 4.78 is 22.3. The zero-order valence-corrected chi connectivity index (χ0v) is 29.6. The van der Waals surface area contributed by atoms with Gasteiger partial charge in [0.05, 0.1) is 45.2 Å². The first-order chi connectivity index (χ1) is 24.4. The van der Waals surface area contributed by atoms with Crippen molar-refractivity contribution < 1.29 is 23.4 Å². The first-order valence-corrected chi connectivity index (χ1v) is 17.6. The number of amides is 1. The maximum absolute atomic E-state index is 14.0. The van der Waals surface area contributed by atoms with E-state index in [0.29, 0.717) is 53.5 Å². The first kappa shape index (κ1) is 33.8. The molecule has 2 aromatic heterocycles. The highest BCUT2D eigenvalue weighted by Gasteiger charge is 2.42. The molecule has 4 heterocycles. The minimum absolute atomic E-state index is 0.0526. The van der Waals surface area contributed by atoms with Crippen LogP contribution in [0.25, 0.3) is 11.0 Å². The number of nitrogens with one attached hydrogen (secondary N) is 1. The fraction of sp³-hybridized carbons (Fsp3) is 0.385. The maximum atomic E-state index is 14.0. The highest BCUT2D eigenvalue weighted by atomic mass is 35.5. The summed E-state index contributed by atoms with van der Waals surface area (Å²) in [6.07, 6.45) is 5.55. The Morgan fingerprint density at radius 1 is 0.980 bits per heavy atom. The normalized spacial score (nSPS) is 18.4. The number of fused-ring (bicyclic) bond motifs is 1. The Balaban J connectivity index is 1.06. The molecular formula is C39H44ClN5O5. The topological polar surface area (TPSA) is 96.3 Å². The summed E-state index contributed by atoms with van der Waals surface area (Å²) in [6, 6.07) is 24.1. The van der Waals surface area contributed by atoms with E-state index in [1.165, 1.54) is 5.56 Å². The predicted molar refractivity (Wildman–Crippen MR) is 195 cm³/mol. The molecule has 0 aliphatic carbocycles.